The lowest BCUT2D eigenvalue weighted by Gasteiger charge is -2.26. The zero-order valence-corrected chi connectivity index (χ0v) is 27.1. The smallest absolute Gasteiger partial charge is 0.338 e. The number of carbonyl (C=O) groups excluding carboxylic acids is 1. The highest BCUT2D eigenvalue weighted by Crippen LogP contribution is 2.33. The highest BCUT2D eigenvalue weighted by molar-refractivity contribution is 14.1. The molecule has 3 aromatic rings. The SMILES string of the molecule is CCCC1=C(C(=O)OCC)C(c2ccc(C(C)C)cc2)n2c(s/c(=C\c3cc(I)c(OC)c(I)c3)c2=O)=N1. The van der Waals surface area contributed by atoms with Crippen LogP contribution in [0, 0.1) is 7.14 Å². The van der Waals surface area contributed by atoms with Gasteiger partial charge in [0.25, 0.3) is 5.56 Å². The molecule has 0 amide bonds. The van der Waals surface area contributed by atoms with E-state index in [-0.39, 0.29) is 12.2 Å². The van der Waals surface area contributed by atoms with E-state index in [0.717, 1.165) is 30.4 Å². The molecule has 1 aliphatic heterocycles. The molecule has 6 nitrogen and oxygen atoms in total. The van der Waals surface area contributed by atoms with Crippen LogP contribution in [0.2, 0.25) is 0 Å². The molecular weight excluding hydrogens is 726 g/mol. The Bertz CT molecular complexity index is 1550. The largest absolute Gasteiger partial charge is 0.495 e. The summed E-state index contributed by atoms with van der Waals surface area (Å²) in [7, 11) is 1.65. The minimum Gasteiger partial charge on any atom is -0.495 e. The molecular formula is C29H30I2N2O4S. The number of aromatic nitrogens is 1. The van der Waals surface area contributed by atoms with Gasteiger partial charge in [0, 0.05) is 0 Å². The van der Waals surface area contributed by atoms with E-state index in [0.29, 0.717) is 32.9 Å². The zero-order valence-electron chi connectivity index (χ0n) is 22.0. The Hall–Kier alpha value is -1.99. The predicted molar refractivity (Wildman–Crippen MR) is 169 cm³/mol. The molecule has 0 aliphatic carbocycles. The third-order valence-corrected chi connectivity index (χ3v) is 8.92. The van der Waals surface area contributed by atoms with Gasteiger partial charge < -0.3 is 9.47 Å². The first-order chi connectivity index (χ1) is 18.2. The van der Waals surface area contributed by atoms with Crippen LogP contribution in [0.15, 0.2) is 57.5 Å². The zero-order chi connectivity index (χ0) is 27.6. The number of halogens is 2. The first kappa shape index (κ1) is 29.0. The van der Waals surface area contributed by atoms with Crippen molar-refractivity contribution in [1.29, 1.82) is 0 Å². The second kappa shape index (κ2) is 12.5. The van der Waals surface area contributed by atoms with Gasteiger partial charge in [-0.15, -0.1) is 0 Å². The Balaban J connectivity index is 1.97. The summed E-state index contributed by atoms with van der Waals surface area (Å²) >= 11 is 5.83. The van der Waals surface area contributed by atoms with E-state index in [9.17, 15) is 9.59 Å². The van der Waals surface area contributed by atoms with Crippen molar-refractivity contribution in [3.63, 3.8) is 0 Å². The van der Waals surface area contributed by atoms with Crippen LogP contribution in [-0.2, 0) is 9.53 Å². The fraction of sp³-hybridized carbons (Fsp3) is 0.345. The normalized spacial score (nSPS) is 15.5. The molecule has 200 valence electrons. The number of thiazole rings is 1. The average Bonchev–Trinajstić information content (AvgIpc) is 3.17. The van der Waals surface area contributed by atoms with Gasteiger partial charge in [-0.05, 0) is 99.3 Å². The predicted octanol–water partition coefficient (Wildman–Crippen LogP) is 5.92. The van der Waals surface area contributed by atoms with E-state index >= 15 is 0 Å². The van der Waals surface area contributed by atoms with E-state index in [2.05, 4.69) is 78.1 Å². The van der Waals surface area contributed by atoms with E-state index in [1.807, 2.05) is 30.3 Å². The summed E-state index contributed by atoms with van der Waals surface area (Å²) in [4.78, 5) is 32.7. The summed E-state index contributed by atoms with van der Waals surface area (Å²) in [5, 5.41) is 0. The van der Waals surface area contributed by atoms with Crippen molar-refractivity contribution in [1.82, 2.24) is 4.57 Å². The van der Waals surface area contributed by atoms with Gasteiger partial charge in [0.05, 0.1) is 42.7 Å². The first-order valence-corrected chi connectivity index (χ1v) is 15.5. The monoisotopic (exact) mass is 756 g/mol. The first-order valence-electron chi connectivity index (χ1n) is 12.5. The van der Waals surface area contributed by atoms with Gasteiger partial charge in [0.2, 0.25) is 0 Å². The Morgan fingerprint density at radius 3 is 2.37 bits per heavy atom. The lowest BCUT2D eigenvalue weighted by Crippen LogP contribution is -2.40. The maximum Gasteiger partial charge on any atom is 0.338 e. The van der Waals surface area contributed by atoms with Crippen molar-refractivity contribution in [2.75, 3.05) is 13.7 Å². The fourth-order valence-corrected chi connectivity index (χ4v) is 7.79. The minimum absolute atomic E-state index is 0.176. The Morgan fingerprint density at radius 1 is 1.16 bits per heavy atom. The summed E-state index contributed by atoms with van der Waals surface area (Å²) in [5.74, 6) is 0.765. The second-order valence-electron chi connectivity index (χ2n) is 9.25. The van der Waals surface area contributed by atoms with E-state index in [1.54, 1.807) is 18.6 Å². The van der Waals surface area contributed by atoms with Crippen molar-refractivity contribution < 1.29 is 14.3 Å². The van der Waals surface area contributed by atoms with Crippen molar-refractivity contribution in [2.24, 2.45) is 4.99 Å². The van der Waals surface area contributed by atoms with Crippen LogP contribution in [-0.4, -0.2) is 24.3 Å². The summed E-state index contributed by atoms with van der Waals surface area (Å²) in [6.45, 7) is 8.38. The number of hydrogen-bond acceptors (Lipinski definition) is 6. The van der Waals surface area contributed by atoms with Crippen LogP contribution in [0.3, 0.4) is 0 Å². The lowest BCUT2D eigenvalue weighted by atomic mass is 9.92. The van der Waals surface area contributed by atoms with Crippen molar-refractivity contribution >= 4 is 68.6 Å². The number of rotatable bonds is 8. The molecule has 1 unspecified atom stereocenters. The topological polar surface area (TPSA) is 69.9 Å². The fourth-order valence-electron chi connectivity index (χ4n) is 4.51. The highest BCUT2D eigenvalue weighted by atomic mass is 127. The highest BCUT2D eigenvalue weighted by Gasteiger charge is 2.34. The van der Waals surface area contributed by atoms with Crippen LogP contribution in [0.5, 0.6) is 5.75 Å². The number of nitrogens with zero attached hydrogens (tertiary/aromatic N) is 2. The number of ether oxygens (including phenoxy) is 2. The van der Waals surface area contributed by atoms with Crippen molar-refractivity contribution in [2.45, 2.75) is 52.5 Å². The number of benzene rings is 2. The van der Waals surface area contributed by atoms with Crippen LogP contribution in [0.25, 0.3) is 6.08 Å². The Morgan fingerprint density at radius 2 is 1.82 bits per heavy atom. The summed E-state index contributed by atoms with van der Waals surface area (Å²) in [6.07, 6.45) is 3.33. The molecule has 4 rings (SSSR count). The molecule has 9 heteroatoms. The van der Waals surface area contributed by atoms with Gasteiger partial charge >= 0.3 is 5.97 Å². The number of fused-ring (bicyclic) bond motifs is 1. The summed E-state index contributed by atoms with van der Waals surface area (Å²) < 4.78 is 15.1. The number of esters is 1. The van der Waals surface area contributed by atoms with Gasteiger partial charge in [-0.1, -0.05) is 62.8 Å². The number of allylic oxidation sites excluding steroid dienone is 1. The number of methoxy groups -OCH3 is 1. The molecule has 0 N–H and O–H groups in total. The van der Waals surface area contributed by atoms with Crippen LogP contribution in [0.4, 0.5) is 0 Å². The Labute approximate surface area is 253 Å². The van der Waals surface area contributed by atoms with Crippen molar-refractivity contribution in [3.8, 4) is 5.75 Å². The molecule has 1 aliphatic rings. The molecule has 0 saturated carbocycles. The molecule has 0 spiro atoms. The molecule has 1 aromatic heterocycles. The van der Waals surface area contributed by atoms with E-state index in [4.69, 9.17) is 14.5 Å². The molecule has 0 saturated heterocycles. The molecule has 0 radical (unpaired) electrons. The quantitative estimate of drug-likeness (QED) is 0.212. The third-order valence-electron chi connectivity index (χ3n) is 6.33. The van der Waals surface area contributed by atoms with Crippen molar-refractivity contribution in [3.05, 3.63) is 91.2 Å². The maximum atomic E-state index is 13.9. The molecule has 1 atom stereocenters. The van der Waals surface area contributed by atoms with Gasteiger partial charge in [0.1, 0.15) is 5.75 Å². The standard InChI is InChI=1S/C29H30I2N2O4S/c1-6-8-22-24(28(35)37-7-2)25(19-11-9-18(10-12-19)16(3)4)33-27(34)23(38-29(33)32-22)15-17-13-20(30)26(36-5)21(31)14-17/h9-16,25H,6-8H2,1-5H3/b23-15-. The molecule has 2 heterocycles. The van der Waals surface area contributed by atoms with Gasteiger partial charge in [0.15, 0.2) is 4.80 Å². The van der Waals surface area contributed by atoms with Gasteiger partial charge in [-0.25, -0.2) is 9.79 Å². The van der Waals surface area contributed by atoms with Gasteiger partial charge in [-0.3, -0.25) is 9.36 Å². The second-order valence-corrected chi connectivity index (χ2v) is 12.6. The molecule has 2 aromatic carbocycles. The van der Waals surface area contributed by atoms with E-state index < -0.39 is 12.0 Å². The van der Waals surface area contributed by atoms with E-state index in [1.165, 1.54) is 16.9 Å². The lowest BCUT2D eigenvalue weighted by molar-refractivity contribution is -0.139. The molecule has 38 heavy (non-hydrogen) atoms. The van der Waals surface area contributed by atoms with Crippen LogP contribution >= 0.6 is 56.5 Å². The summed E-state index contributed by atoms with van der Waals surface area (Å²) in [6, 6.07) is 11.5. The Kier molecular flexibility index (Phi) is 9.51. The summed E-state index contributed by atoms with van der Waals surface area (Å²) in [5.41, 5.74) is 3.91. The number of hydrogen-bond donors (Lipinski definition) is 0. The molecule has 0 bridgehead atoms. The minimum atomic E-state index is -0.605. The maximum absolute atomic E-state index is 13.9. The number of carbonyl (C=O) groups is 1. The third kappa shape index (κ3) is 5.79. The van der Waals surface area contributed by atoms with Crippen LogP contribution in [0.1, 0.15) is 69.2 Å². The van der Waals surface area contributed by atoms with Crippen LogP contribution < -0.4 is 19.6 Å². The average molecular weight is 756 g/mol. The molecule has 0 fully saturated rings. The van der Waals surface area contributed by atoms with Gasteiger partial charge in [-0.2, -0.15) is 0 Å².